The number of hydrogen-bond acceptors (Lipinski definition) is 5. The molecule has 1 saturated heterocycles. The van der Waals surface area contributed by atoms with Crippen LogP contribution in [0.3, 0.4) is 0 Å². The van der Waals surface area contributed by atoms with Crippen molar-refractivity contribution in [3.05, 3.63) is 42.7 Å². The molecule has 2 aromatic rings. The lowest BCUT2D eigenvalue weighted by molar-refractivity contribution is 0.190. The molecule has 28 heavy (non-hydrogen) atoms. The summed E-state index contributed by atoms with van der Waals surface area (Å²) in [5.74, 6) is 0.653. The number of sulfonamides is 1. The normalized spacial score (nSPS) is 17.3. The summed E-state index contributed by atoms with van der Waals surface area (Å²) in [6.07, 6.45) is 6.18. The number of nitrogens with one attached hydrogen (secondary N) is 2. The summed E-state index contributed by atoms with van der Waals surface area (Å²) in [5.41, 5.74) is 0.625. The van der Waals surface area contributed by atoms with Crippen LogP contribution in [0.2, 0.25) is 0 Å². The lowest BCUT2D eigenvalue weighted by Crippen LogP contribution is -2.50. The van der Waals surface area contributed by atoms with E-state index in [1.165, 1.54) is 0 Å². The van der Waals surface area contributed by atoms with Crippen molar-refractivity contribution >= 4 is 21.7 Å². The Labute approximate surface area is 164 Å². The molecule has 1 aliphatic heterocycles. The molecule has 152 valence electrons. The van der Waals surface area contributed by atoms with Gasteiger partial charge in [0, 0.05) is 43.3 Å². The number of urea groups is 1. The third kappa shape index (κ3) is 6.24. The van der Waals surface area contributed by atoms with E-state index < -0.39 is 10.0 Å². The molecule has 1 fully saturated rings. The van der Waals surface area contributed by atoms with Crippen LogP contribution in [0.25, 0.3) is 0 Å². The first-order valence-corrected chi connectivity index (χ1v) is 11.0. The zero-order chi connectivity index (χ0) is 20.0. The quantitative estimate of drug-likeness (QED) is 0.724. The van der Waals surface area contributed by atoms with E-state index in [0.717, 1.165) is 19.1 Å². The molecule has 0 saturated carbocycles. The highest BCUT2D eigenvalue weighted by Gasteiger charge is 2.25. The van der Waals surface area contributed by atoms with E-state index >= 15 is 0 Å². The number of piperidine rings is 1. The van der Waals surface area contributed by atoms with Crippen molar-refractivity contribution in [1.29, 1.82) is 0 Å². The fourth-order valence-corrected chi connectivity index (χ4v) is 3.91. The van der Waals surface area contributed by atoms with E-state index in [2.05, 4.69) is 15.1 Å². The number of anilines is 1. The number of hydrogen-bond donors (Lipinski definition) is 2. The minimum atomic E-state index is -3.29. The Morgan fingerprint density at radius 3 is 2.96 bits per heavy atom. The predicted molar refractivity (Wildman–Crippen MR) is 106 cm³/mol. The molecule has 0 bridgehead atoms. The number of aromatic nitrogens is 2. The number of ether oxygens (including phenoxy) is 1. The highest BCUT2D eigenvalue weighted by Crippen LogP contribution is 2.19. The van der Waals surface area contributed by atoms with Crippen LogP contribution in [-0.4, -0.2) is 61.1 Å². The van der Waals surface area contributed by atoms with E-state index in [0.29, 0.717) is 37.7 Å². The van der Waals surface area contributed by atoms with Crippen LogP contribution in [0.4, 0.5) is 10.5 Å². The van der Waals surface area contributed by atoms with Crippen molar-refractivity contribution in [1.82, 2.24) is 19.4 Å². The van der Waals surface area contributed by atoms with E-state index in [1.807, 2.05) is 24.4 Å². The average molecular weight is 407 g/mol. The SMILES string of the molecule is CS(=O)(=O)N[C@H]1CCCN(C(=O)Nc2cccc(OCCn3cccn3)c2)C1. The molecule has 1 aromatic heterocycles. The molecule has 10 heteroatoms. The van der Waals surface area contributed by atoms with Gasteiger partial charge in [-0.05, 0) is 31.0 Å². The van der Waals surface area contributed by atoms with Gasteiger partial charge in [0.25, 0.3) is 0 Å². The van der Waals surface area contributed by atoms with Gasteiger partial charge < -0.3 is 15.0 Å². The largest absolute Gasteiger partial charge is 0.492 e. The standard InChI is InChI=1S/C18H25N5O4S/c1-28(25,26)21-16-6-3-9-22(14-16)18(24)20-15-5-2-7-17(13-15)27-12-11-23-10-4-8-19-23/h2,4-5,7-8,10,13,16,21H,3,6,9,11-12,14H2,1H3,(H,20,24)/t16-/m0/s1. The lowest BCUT2D eigenvalue weighted by atomic mass is 10.1. The van der Waals surface area contributed by atoms with Gasteiger partial charge in [0.2, 0.25) is 10.0 Å². The van der Waals surface area contributed by atoms with Crippen LogP contribution < -0.4 is 14.8 Å². The van der Waals surface area contributed by atoms with Crippen molar-refractivity contribution in [3.63, 3.8) is 0 Å². The van der Waals surface area contributed by atoms with Crippen LogP contribution in [0, 0.1) is 0 Å². The molecular weight excluding hydrogens is 382 g/mol. The molecule has 2 heterocycles. The highest BCUT2D eigenvalue weighted by molar-refractivity contribution is 7.88. The van der Waals surface area contributed by atoms with Crippen LogP contribution in [0.15, 0.2) is 42.7 Å². The molecule has 0 spiro atoms. The van der Waals surface area contributed by atoms with Crippen LogP contribution in [0.1, 0.15) is 12.8 Å². The van der Waals surface area contributed by atoms with E-state index in [1.54, 1.807) is 27.9 Å². The Balaban J connectivity index is 1.52. The monoisotopic (exact) mass is 407 g/mol. The van der Waals surface area contributed by atoms with Crippen LogP contribution in [-0.2, 0) is 16.6 Å². The Kier molecular flexibility index (Phi) is 6.53. The minimum Gasteiger partial charge on any atom is -0.492 e. The highest BCUT2D eigenvalue weighted by atomic mass is 32.2. The second-order valence-electron chi connectivity index (χ2n) is 6.75. The number of benzene rings is 1. The van der Waals surface area contributed by atoms with Gasteiger partial charge in [-0.15, -0.1) is 0 Å². The fraction of sp³-hybridized carbons (Fsp3) is 0.444. The number of carbonyl (C=O) groups is 1. The van der Waals surface area contributed by atoms with Gasteiger partial charge in [-0.2, -0.15) is 5.10 Å². The van der Waals surface area contributed by atoms with Gasteiger partial charge in [0.05, 0.1) is 12.8 Å². The molecule has 2 N–H and O–H groups in total. The summed E-state index contributed by atoms with van der Waals surface area (Å²) in [4.78, 5) is 14.2. The molecule has 1 aromatic carbocycles. The zero-order valence-electron chi connectivity index (χ0n) is 15.7. The summed E-state index contributed by atoms with van der Waals surface area (Å²) >= 11 is 0. The van der Waals surface area contributed by atoms with E-state index in [-0.39, 0.29) is 12.1 Å². The Hall–Kier alpha value is -2.59. The van der Waals surface area contributed by atoms with Gasteiger partial charge in [0.15, 0.2) is 0 Å². The summed E-state index contributed by atoms with van der Waals surface area (Å²) in [7, 11) is -3.29. The van der Waals surface area contributed by atoms with Gasteiger partial charge in [-0.25, -0.2) is 17.9 Å². The molecule has 0 radical (unpaired) electrons. The van der Waals surface area contributed by atoms with Crippen molar-refractivity contribution < 1.29 is 17.9 Å². The third-order valence-corrected chi connectivity index (χ3v) is 5.08. The summed E-state index contributed by atoms with van der Waals surface area (Å²) in [6, 6.07) is 8.52. The maximum atomic E-state index is 12.5. The summed E-state index contributed by atoms with van der Waals surface area (Å²) in [6.45, 7) is 2.03. The molecule has 9 nitrogen and oxygen atoms in total. The first-order chi connectivity index (χ1) is 13.4. The Bertz CT molecular complexity index is 885. The molecule has 0 unspecified atom stereocenters. The molecular formula is C18H25N5O4S. The lowest BCUT2D eigenvalue weighted by Gasteiger charge is -2.32. The van der Waals surface area contributed by atoms with Crippen molar-refractivity contribution in [3.8, 4) is 5.75 Å². The topological polar surface area (TPSA) is 106 Å². The maximum Gasteiger partial charge on any atom is 0.321 e. The Morgan fingerprint density at radius 2 is 2.21 bits per heavy atom. The first kappa shape index (κ1) is 20.2. The van der Waals surface area contributed by atoms with Gasteiger partial charge in [-0.1, -0.05) is 6.07 Å². The van der Waals surface area contributed by atoms with E-state index in [9.17, 15) is 13.2 Å². The van der Waals surface area contributed by atoms with Crippen LogP contribution >= 0.6 is 0 Å². The second kappa shape index (κ2) is 9.07. The third-order valence-electron chi connectivity index (χ3n) is 4.32. The average Bonchev–Trinajstić information content (AvgIpc) is 3.14. The fourth-order valence-electron chi connectivity index (χ4n) is 3.12. The van der Waals surface area contributed by atoms with Crippen molar-refractivity contribution in [2.45, 2.75) is 25.4 Å². The molecule has 3 rings (SSSR count). The molecule has 0 aliphatic carbocycles. The minimum absolute atomic E-state index is 0.256. The molecule has 1 aliphatic rings. The number of rotatable bonds is 7. The van der Waals surface area contributed by atoms with Gasteiger partial charge in [-0.3, -0.25) is 4.68 Å². The molecule has 2 amide bonds. The number of carbonyl (C=O) groups excluding carboxylic acids is 1. The number of amides is 2. The smallest absolute Gasteiger partial charge is 0.321 e. The van der Waals surface area contributed by atoms with Gasteiger partial charge >= 0.3 is 6.03 Å². The van der Waals surface area contributed by atoms with Crippen molar-refractivity contribution in [2.75, 3.05) is 31.3 Å². The number of likely N-dealkylation sites (tertiary alicyclic amines) is 1. The Morgan fingerprint density at radius 1 is 1.36 bits per heavy atom. The van der Waals surface area contributed by atoms with Crippen molar-refractivity contribution in [2.24, 2.45) is 0 Å². The summed E-state index contributed by atoms with van der Waals surface area (Å²) in [5, 5.41) is 6.97. The zero-order valence-corrected chi connectivity index (χ0v) is 16.6. The van der Waals surface area contributed by atoms with E-state index in [4.69, 9.17) is 4.74 Å². The molecule has 1 atom stereocenters. The predicted octanol–water partition coefficient (Wildman–Crippen LogP) is 1.51. The summed E-state index contributed by atoms with van der Waals surface area (Å²) < 4.78 is 32.9. The second-order valence-corrected chi connectivity index (χ2v) is 8.53. The first-order valence-electron chi connectivity index (χ1n) is 9.12. The number of nitrogens with zero attached hydrogens (tertiary/aromatic N) is 3. The maximum absolute atomic E-state index is 12.5. The van der Waals surface area contributed by atoms with Gasteiger partial charge in [0.1, 0.15) is 12.4 Å². The van der Waals surface area contributed by atoms with Crippen LogP contribution in [0.5, 0.6) is 5.75 Å².